The average molecular weight is 349 g/mol. The Kier molecular flexibility index (Phi) is 3.95. The molecule has 0 aliphatic heterocycles. The summed E-state index contributed by atoms with van der Waals surface area (Å²) in [5.41, 5.74) is 2.73. The molecule has 0 atom stereocenters. The Morgan fingerprint density at radius 2 is 1.88 bits per heavy atom. The first-order valence-corrected chi connectivity index (χ1v) is 8.55. The molecule has 0 bridgehead atoms. The van der Waals surface area contributed by atoms with Crippen LogP contribution in [-0.2, 0) is 0 Å². The third-order valence-corrected chi connectivity index (χ3v) is 4.97. The summed E-state index contributed by atoms with van der Waals surface area (Å²) in [6.07, 6.45) is 0. The van der Waals surface area contributed by atoms with Crippen molar-refractivity contribution in [2.24, 2.45) is 0 Å². The van der Waals surface area contributed by atoms with E-state index in [2.05, 4.69) is 15.3 Å². The molecule has 6 heteroatoms. The summed E-state index contributed by atoms with van der Waals surface area (Å²) in [5, 5.41) is 2.81. The molecule has 1 amide bonds. The van der Waals surface area contributed by atoms with Crippen LogP contribution in [0.1, 0.15) is 9.67 Å². The summed E-state index contributed by atoms with van der Waals surface area (Å²) in [7, 11) is 1.56. The molecule has 25 heavy (non-hydrogen) atoms. The number of imidazole rings is 1. The minimum Gasteiger partial charge on any atom is -0.495 e. The van der Waals surface area contributed by atoms with Gasteiger partial charge in [0.25, 0.3) is 5.91 Å². The lowest BCUT2D eigenvalue weighted by atomic mass is 10.2. The van der Waals surface area contributed by atoms with E-state index in [1.165, 1.54) is 11.3 Å². The maximum absolute atomic E-state index is 12.7. The zero-order chi connectivity index (χ0) is 17.2. The molecule has 4 aromatic rings. The van der Waals surface area contributed by atoms with Crippen LogP contribution in [0.25, 0.3) is 21.5 Å². The van der Waals surface area contributed by atoms with E-state index in [4.69, 9.17) is 4.74 Å². The van der Waals surface area contributed by atoms with Crippen LogP contribution in [0.3, 0.4) is 0 Å². The topological polar surface area (TPSA) is 67.0 Å². The predicted molar refractivity (Wildman–Crippen MR) is 100 cm³/mol. The monoisotopic (exact) mass is 349 g/mol. The van der Waals surface area contributed by atoms with E-state index >= 15 is 0 Å². The number of para-hydroxylation sites is 2. The van der Waals surface area contributed by atoms with E-state index in [9.17, 15) is 4.79 Å². The number of carbonyl (C=O) groups is 1. The van der Waals surface area contributed by atoms with Gasteiger partial charge in [-0.1, -0.05) is 42.5 Å². The van der Waals surface area contributed by atoms with Gasteiger partial charge >= 0.3 is 0 Å². The Morgan fingerprint density at radius 1 is 1.12 bits per heavy atom. The highest BCUT2D eigenvalue weighted by Gasteiger charge is 2.19. The highest BCUT2D eigenvalue weighted by Crippen LogP contribution is 2.36. The summed E-state index contributed by atoms with van der Waals surface area (Å²) in [4.78, 5) is 21.6. The van der Waals surface area contributed by atoms with Crippen molar-refractivity contribution >= 4 is 34.2 Å². The lowest BCUT2D eigenvalue weighted by Crippen LogP contribution is -2.12. The van der Waals surface area contributed by atoms with Crippen molar-refractivity contribution in [3.63, 3.8) is 0 Å². The molecule has 2 aromatic heterocycles. The largest absolute Gasteiger partial charge is 0.495 e. The number of hydrogen-bond donors (Lipinski definition) is 2. The summed E-state index contributed by atoms with van der Waals surface area (Å²) < 4.78 is 5.38. The Morgan fingerprint density at radius 3 is 2.64 bits per heavy atom. The number of benzene rings is 2. The van der Waals surface area contributed by atoms with Gasteiger partial charge in [-0.25, -0.2) is 4.98 Å². The second-order valence-corrected chi connectivity index (χ2v) is 6.48. The predicted octanol–water partition coefficient (Wildman–Crippen LogP) is 4.55. The lowest BCUT2D eigenvalue weighted by molar-refractivity contribution is 0.102. The maximum Gasteiger partial charge on any atom is 0.271 e. The normalized spacial score (nSPS) is 10.8. The highest BCUT2D eigenvalue weighted by atomic mass is 32.1. The van der Waals surface area contributed by atoms with Gasteiger partial charge in [0.05, 0.1) is 18.1 Å². The molecule has 4 rings (SSSR count). The second kappa shape index (κ2) is 6.41. The number of carbonyl (C=O) groups excluding carboxylic acids is 1. The first-order chi connectivity index (χ1) is 12.2. The van der Waals surface area contributed by atoms with Gasteiger partial charge in [0.1, 0.15) is 10.6 Å². The molecule has 0 aliphatic carbocycles. The number of rotatable bonds is 4. The zero-order valence-corrected chi connectivity index (χ0v) is 14.3. The Balaban J connectivity index is 1.64. The number of amides is 1. The number of fused-ring (bicyclic) bond motifs is 1. The molecular formula is C19H15N3O2S. The Hall–Kier alpha value is -3.12. The maximum atomic E-state index is 12.7. The molecule has 0 saturated carbocycles. The van der Waals surface area contributed by atoms with Crippen LogP contribution in [0.2, 0.25) is 0 Å². The van der Waals surface area contributed by atoms with Gasteiger partial charge in [0.2, 0.25) is 5.95 Å². The SMILES string of the molecule is COc1cc(-c2ccccc2)sc1C(=O)Nc1nc2ccccc2[nH]1. The molecule has 0 fully saturated rings. The fourth-order valence-electron chi connectivity index (χ4n) is 2.61. The molecule has 0 unspecified atom stereocenters. The van der Waals surface area contributed by atoms with Gasteiger partial charge in [-0.2, -0.15) is 0 Å². The van der Waals surface area contributed by atoms with Crippen LogP contribution in [0, 0.1) is 0 Å². The number of anilines is 1. The number of aromatic nitrogens is 2. The van der Waals surface area contributed by atoms with Gasteiger partial charge in [0.15, 0.2) is 0 Å². The molecule has 2 N–H and O–H groups in total. The van der Waals surface area contributed by atoms with Gasteiger partial charge in [-0.15, -0.1) is 11.3 Å². The van der Waals surface area contributed by atoms with Crippen molar-refractivity contribution in [2.45, 2.75) is 0 Å². The molecule has 0 aliphatic rings. The van der Waals surface area contributed by atoms with Crippen LogP contribution in [0.15, 0.2) is 60.7 Å². The summed E-state index contributed by atoms with van der Waals surface area (Å²) in [6.45, 7) is 0. The van der Waals surface area contributed by atoms with Crippen LogP contribution in [0.5, 0.6) is 5.75 Å². The molecule has 2 aromatic carbocycles. The molecule has 0 saturated heterocycles. The highest BCUT2D eigenvalue weighted by molar-refractivity contribution is 7.17. The Bertz CT molecular complexity index is 1000. The molecule has 2 heterocycles. The number of methoxy groups -OCH3 is 1. The molecule has 0 spiro atoms. The molecule has 5 nitrogen and oxygen atoms in total. The van der Waals surface area contributed by atoms with Crippen molar-refractivity contribution in [3.05, 3.63) is 65.5 Å². The first kappa shape index (κ1) is 15.4. The number of ether oxygens (including phenoxy) is 1. The number of H-pyrrole nitrogens is 1. The summed E-state index contributed by atoms with van der Waals surface area (Å²) in [5.74, 6) is 0.725. The number of nitrogens with zero attached hydrogens (tertiary/aromatic N) is 1. The second-order valence-electron chi connectivity index (χ2n) is 5.43. The zero-order valence-electron chi connectivity index (χ0n) is 13.4. The summed E-state index contributed by atoms with van der Waals surface area (Å²) in [6, 6.07) is 19.4. The standard InChI is InChI=1S/C19H15N3O2S/c1-24-15-11-16(12-7-3-2-4-8-12)25-17(15)18(23)22-19-20-13-9-5-6-10-14(13)21-19/h2-11H,1H3,(H2,20,21,22,23). The third-order valence-electron chi connectivity index (χ3n) is 3.80. The van der Waals surface area contributed by atoms with Crippen LogP contribution >= 0.6 is 11.3 Å². The average Bonchev–Trinajstić information content (AvgIpc) is 3.25. The van der Waals surface area contributed by atoms with Gasteiger partial charge < -0.3 is 9.72 Å². The summed E-state index contributed by atoms with van der Waals surface area (Å²) >= 11 is 1.39. The molecular weight excluding hydrogens is 334 g/mol. The van der Waals surface area contributed by atoms with E-state index in [-0.39, 0.29) is 5.91 Å². The van der Waals surface area contributed by atoms with E-state index in [0.717, 1.165) is 21.5 Å². The van der Waals surface area contributed by atoms with Gasteiger partial charge in [-0.05, 0) is 23.8 Å². The van der Waals surface area contributed by atoms with Crippen LogP contribution in [0.4, 0.5) is 5.95 Å². The fraction of sp³-hybridized carbons (Fsp3) is 0.0526. The fourth-order valence-corrected chi connectivity index (χ4v) is 3.63. The lowest BCUT2D eigenvalue weighted by Gasteiger charge is -2.02. The number of hydrogen-bond acceptors (Lipinski definition) is 4. The third kappa shape index (κ3) is 2.99. The quantitative estimate of drug-likeness (QED) is 0.568. The molecule has 124 valence electrons. The molecule has 0 radical (unpaired) electrons. The van der Waals surface area contributed by atoms with Crippen LogP contribution < -0.4 is 10.1 Å². The van der Waals surface area contributed by atoms with E-state index in [1.807, 2.05) is 60.7 Å². The van der Waals surface area contributed by atoms with Gasteiger partial charge in [-0.3, -0.25) is 10.1 Å². The smallest absolute Gasteiger partial charge is 0.271 e. The van der Waals surface area contributed by atoms with Crippen molar-refractivity contribution in [1.29, 1.82) is 0 Å². The van der Waals surface area contributed by atoms with E-state index in [0.29, 0.717) is 16.6 Å². The van der Waals surface area contributed by atoms with E-state index in [1.54, 1.807) is 7.11 Å². The minimum atomic E-state index is -0.247. The van der Waals surface area contributed by atoms with Crippen molar-refractivity contribution < 1.29 is 9.53 Å². The minimum absolute atomic E-state index is 0.247. The van der Waals surface area contributed by atoms with Crippen molar-refractivity contribution in [2.75, 3.05) is 12.4 Å². The van der Waals surface area contributed by atoms with E-state index < -0.39 is 0 Å². The first-order valence-electron chi connectivity index (χ1n) is 7.74. The van der Waals surface area contributed by atoms with Crippen LogP contribution in [-0.4, -0.2) is 23.0 Å². The van der Waals surface area contributed by atoms with Gasteiger partial charge in [0, 0.05) is 4.88 Å². The number of aromatic amines is 1. The number of nitrogens with one attached hydrogen (secondary N) is 2. The van der Waals surface area contributed by atoms with Crippen molar-refractivity contribution in [1.82, 2.24) is 9.97 Å². The van der Waals surface area contributed by atoms with Crippen molar-refractivity contribution in [3.8, 4) is 16.2 Å². The number of thiophene rings is 1. The Labute approximate surface area is 148 Å².